The Morgan fingerprint density at radius 2 is 2.17 bits per heavy atom. The molecule has 0 radical (unpaired) electrons. The highest BCUT2D eigenvalue weighted by Gasteiger charge is 2.26. The van der Waals surface area contributed by atoms with Gasteiger partial charge in [0.05, 0.1) is 6.10 Å². The highest BCUT2D eigenvalue weighted by atomic mass is 19.1. The molecule has 0 amide bonds. The van der Waals surface area contributed by atoms with E-state index < -0.39 is 17.7 Å². The van der Waals surface area contributed by atoms with Gasteiger partial charge < -0.3 is 5.11 Å². The lowest BCUT2D eigenvalue weighted by molar-refractivity contribution is 0.0310. The maximum absolute atomic E-state index is 13.6. The van der Waals surface area contributed by atoms with Crippen molar-refractivity contribution in [3.63, 3.8) is 0 Å². The van der Waals surface area contributed by atoms with Gasteiger partial charge in [-0.15, -0.1) is 0 Å². The fraction of sp³-hybridized carbons (Fsp3) is 0.571. The van der Waals surface area contributed by atoms with Gasteiger partial charge in [-0.2, -0.15) is 0 Å². The summed E-state index contributed by atoms with van der Waals surface area (Å²) in [5.74, 6) is -1.06. The predicted octanol–water partition coefficient (Wildman–Crippen LogP) is 2.70. The van der Waals surface area contributed by atoms with Crippen LogP contribution in [0.25, 0.3) is 0 Å². The molecule has 4 heteroatoms. The third-order valence-electron chi connectivity index (χ3n) is 3.61. The summed E-state index contributed by atoms with van der Waals surface area (Å²) in [4.78, 5) is 2.09. The molecule has 1 N–H and O–H groups in total. The van der Waals surface area contributed by atoms with Crippen LogP contribution in [0, 0.1) is 11.6 Å². The lowest BCUT2D eigenvalue weighted by Gasteiger charge is -2.37. The Kier molecular flexibility index (Phi) is 4.30. The second-order valence-corrected chi connectivity index (χ2v) is 5.01. The molecule has 2 atom stereocenters. The van der Waals surface area contributed by atoms with E-state index in [9.17, 15) is 13.9 Å². The normalized spacial score (nSPS) is 23.0. The summed E-state index contributed by atoms with van der Waals surface area (Å²) < 4.78 is 26.4. The van der Waals surface area contributed by atoms with E-state index in [1.165, 1.54) is 12.1 Å². The highest BCUT2D eigenvalue weighted by Crippen LogP contribution is 2.23. The van der Waals surface area contributed by atoms with Crippen molar-refractivity contribution in [3.05, 3.63) is 35.4 Å². The first kappa shape index (κ1) is 13.4. The van der Waals surface area contributed by atoms with Crippen LogP contribution in [0.1, 0.15) is 31.7 Å². The lowest BCUT2D eigenvalue weighted by Crippen LogP contribution is -2.45. The molecule has 1 aromatic rings. The summed E-state index contributed by atoms with van der Waals surface area (Å²) in [6.45, 7) is 3.05. The Hall–Kier alpha value is -1.00. The lowest BCUT2D eigenvalue weighted by atomic mass is 9.97. The van der Waals surface area contributed by atoms with Crippen molar-refractivity contribution in [1.82, 2.24) is 4.90 Å². The fourth-order valence-corrected chi connectivity index (χ4v) is 2.63. The minimum absolute atomic E-state index is 0.0724. The molecule has 1 saturated heterocycles. The number of rotatable bonds is 3. The van der Waals surface area contributed by atoms with Crippen LogP contribution in [0.4, 0.5) is 8.78 Å². The number of piperidine rings is 1. The number of likely N-dealkylation sites (tertiary alicyclic amines) is 1. The van der Waals surface area contributed by atoms with Gasteiger partial charge >= 0.3 is 0 Å². The Morgan fingerprint density at radius 1 is 1.39 bits per heavy atom. The number of hydrogen-bond donors (Lipinski definition) is 1. The molecule has 2 rings (SSSR count). The Morgan fingerprint density at radius 3 is 2.83 bits per heavy atom. The largest absolute Gasteiger partial charge is 0.392 e. The van der Waals surface area contributed by atoms with Gasteiger partial charge in [-0.3, -0.25) is 4.90 Å². The topological polar surface area (TPSA) is 23.5 Å². The molecule has 2 nitrogen and oxygen atoms in total. The maximum Gasteiger partial charge on any atom is 0.130 e. The summed E-state index contributed by atoms with van der Waals surface area (Å²) in [6.07, 6.45) is 2.67. The first-order chi connectivity index (χ1) is 8.58. The van der Waals surface area contributed by atoms with Crippen LogP contribution >= 0.6 is 0 Å². The SMILES string of the molecule is CC(O)C1CCCCN1Cc1ccc(F)cc1F. The number of aliphatic hydroxyl groups excluding tert-OH is 1. The van der Waals surface area contributed by atoms with Crippen LogP contribution in [0.5, 0.6) is 0 Å². The number of halogens is 2. The van der Waals surface area contributed by atoms with Gasteiger partial charge in [0, 0.05) is 24.2 Å². The van der Waals surface area contributed by atoms with E-state index in [1.54, 1.807) is 6.92 Å². The number of nitrogens with zero attached hydrogens (tertiary/aromatic N) is 1. The van der Waals surface area contributed by atoms with Gasteiger partial charge in [-0.25, -0.2) is 8.78 Å². The second kappa shape index (κ2) is 5.76. The smallest absolute Gasteiger partial charge is 0.130 e. The quantitative estimate of drug-likeness (QED) is 0.897. The molecule has 1 aliphatic rings. The third kappa shape index (κ3) is 3.06. The van der Waals surface area contributed by atoms with Gasteiger partial charge in [0.25, 0.3) is 0 Å². The monoisotopic (exact) mass is 255 g/mol. The minimum atomic E-state index is -0.554. The molecule has 1 aliphatic heterocycles. The molecule has 1 aromatic carbocycles. The van der Waals surface area contributed by atoms with Gasteiger partial charge in [-0.1, -0.05) is 12.5 Å². The molecule has 100 valence electrons. The number of aliphatic hydroxyl groups is 1. The summed E-state index contributed by atoms with van der Waals surface area (Å²) in [6, 6.07) is 3.75. The van der Waals surface area contributed by atoms with Crippen LogP contribution in [0.15, 0.2) is 18.2 Å². The van der Waals surface area contributed by atoms with Crippen molar-refractivity contribution in [2.75, 3.05) is 6.54 Å². The molecule has 0 saturated carbocycles. The number of hydrogen-bond acceptors (Lipinski definition) is 2. The van der Waals surface area contributed by atoms with Crippen molar-refractivity contribution in [1.29, 1.82) is 0 Å². The average molecular weight is 255 g/mol. The van der Waals surface area contributed by atoms with Crippen LogP contribution in [-0.4, -0.2) is 28.7 Å². The van der Waals surface area contributed by atoms with Crippen LogP contribution < -0.4 is 0 Å². The summed E-state index contributed by atoms with van der Waals surface area (Å²) in [5.41, 5.74) is 0.490. The van der Waals surface area contributed by atoms with E-state index >= 15 is 0 Å². The van der Waals surface area contributed by atoms with E-state index in [2.05, 4.69) is 4.90 Å². The van der Waals surface area contributed by atoms with Gasteiger partial charge in [0.2, 0.25) is 0 Å². The molecule has 0 aliphatic carbocycles. The van der Waals surface area contributed by atoms with Crippen molar-refractivity contribution >= 4 is 0 Å². The van der Waals surface area contributed by atoms with E-state index in [1.807, 2.05) is 0 Å². The van der Waals surface area contributed by atoms with E-state index in [4.69, 9.17) is 0 Å². The number of benzene rings is 1. The summed E-state index contributed by atoms with van der Waals surface area (Å²) in [5, 5.41) is 9.74. The van der Waals surface area contributed by atoms with Crippen molar-refractivity contribution in [3.8, 4) is 0 Å². The van der Waals surface area contributed by atoms with Crippen molar-refractivity contribution in [2.24, 2.45) is 0 Å². The van der Waals surface area contributed by atoms with Crippen LogP contribution in [-0.2, 0) is 6.54 Å². The van der Waals surface area contributed by atoms with Gasteiger partial charge in [-0.05, 0) is 32.4 Å². The van der Waals surface area contributed by atoms with Crippen LogP contribution in [0.3, 0.4) is 0 Å². The van der Waals surface area contributed by atoms with E-state index in [-0.39, 0.29) is 6.04 Å². The average Bonchev–Trinajstić information content (AvgIpc) is 2.33. The molecule has 1 heterocycles. The standard InChI is InChI=1S/C14H19F2NO/c1-10(18)14-4-2-3-7-17(14)9-11-5-6-12(15)8-13(11)16/h5-6,8,10,14,18H,2-4,7,9H2,1H3. The highest BCUT2D eigenvalue weighted by molar-refractivity contribution is 5.18. The Labute approximate surface area is 106 Å². The molecular weight excluding hydrogens is 236 g/mol. The maximum atomic E-state index is 13.6. The first-order valence-electron chi connectivity index (χ1n) is 6.44. The first-order valence-corrected chi connectivity index (χ1v) is 6.44. The Balaban J connectivity index is 2.11. The zero-order valence-corrected chi connectivity index (χ0v) is 10.6. The van der Waals surface area contributed by atoms with Crippen LogP contribution in [0.2, 0.25) is 0 Å². The van der Waals surface area contributed by atoms with Gasteiger partial charge in [0.1, 0.15) is 11.6 Å². The molecule has 1 fully saturated rings. The second-order valence-electron chi connectivity index (χ2n) is 5.01. The van der Waals surface area contributed by atoms with E-state index in [0.29, 0.717) is 12.1 Å². The van der Waals surface area contributed by atoms with E-state index in [0.717, 1.165) is 31.9 Å². The zero-order chi connectivity index (χ0) is 13.1. The third-order valence-corrected chi connectivity index (χ3v) is 3.61. The van der Waals surface area contributed by atoms with Gasteiger partial charge in [0.15, 0.2) is 0 Å². The van der Waals surface area contributed by atoms with Crippen molar-refractivity contribution < 1.29 is 13.9 Å². The zero-order valence-electron chi connectivity index (χ0n) is 10.6. The predicted molar refractivity (Wildman–Crippen MR) is 66.1 cm³/mol. The molecule has 0 aromatic heterocycles. The molecule has 0 spiro atoms. The van der Waals surface area contributed by atoms with Crippen molar-refractivity contribution in [2.45, 2.75) is 44.9 Å². The minimum Gasteiger partial charge on any atom is -0.392 e. The molecular formula is C14H19F2NO. The molecule has 18 heavy (non-hydrogen) atoms. The molecule has 2 unspecified atom stereocenters. The Bertz CT molecular complexity index is 409. The summed E-state index contributed by atoms with van der Waals surface area (Å²) in [7, 11) is 0. The molecule has 0 bridgehead atoms. The summed E-state index contributed by atoms with van der Waals surface area (Å²) >= 11 is 0. The fourth-order valence-electron chi connectivity index (χ4n) is 2.63.